The summed E-state index contributed by atoms with van der Waals surface area (Å²) in [5.74, 6) is 3.06. The molecule has 2 heterocycles. The molecule has 0 aliphatic carbocycles. The van der Waals surface area contributed by atoms with Crippen molar-refractivity contribution < 1.29 is 26.9 Å². The number of benzene rings is 4. The van der Waals surface area contributed by atoms with Gasteiger partial charge in [-0.15, -0.1) is 0 Å². The lowest BCUT2D eigenvalue weighted by atomic mass is 9.97. The molecule has 1 unspecified atom stereocenters. The fourth-order valence-corrected chi connectivity index (χ4v) is 6.03. The highest BCUT2D eigenvalue weighted by Gasteiger charge is 2.25. The molecule has 6 aromatic rings. The Morgan fingerprint density at radius 1 is 1.02 bits per heavy atom. The van der Waals surface area contributed by atoms with Crippen LogP contribution in [0.15, 0.2) is 88.3 Å². The molecule has 0 aliphatic heterocycles. The summed E-state index contributed by atoms with van der Waals surface area (Å²) in [6, 6.07) is 18.3. The van der Waals surface area contributed by atoms with Gasteiger partial charge in [0.05, 0.1) is 42.1 Å². The number of fused-ring (bicyclic) bond motifs is 2. The van der Waals surface area contributed by atoms with Crippen LogP contribution >= 0.6 is 0 Å². The number of rotatable bonds is 8. The lowest BCUT2D eigenvalue weighted by molar-refractivity contribution is 0.0964. The van der Waals surface area contributed by atoms with Gasteiger partial charge in [-0.05, 0) is 60.0 Å². The van der Waals surface area contributed by atoms with Crippen LogP contribution in [0.5, 0.6) is 5.75 Å². The van der Waals surface area contributed by atoms with Crippen molar-refractivity contribution in [1.29, 1.82) is 0 Å². The van der Waals surface area contributed by atoms with Gasteiger partial charge in [-0.3, -0.25) is 14.2 Å². The molecule has 0 spiro atoms. The zero-order valence-corrected chi connectivity index (χ0v) is 26.8. The van der Waals surface area contributed by atoms with Gasteiger partial charge in [-0.2, -0.15) is 0 Å². The Morgan fingerprint density at radius 3 is 2.40 bits per heavy atom. The number of amides is 1. The number of nitrogens with one attached hydrogen (secondary N) is 1. The molecule has 1 N–H and O–H groups in total. The van der Waals surface area contributed by atoms with Crippen molar-refractivity contribution in [2.45, 2.75) is 6.54 Å². The first kappa shape index (κ1) is 31.5. The topological polar surface area (TPSA) is 107 Å². The zero-order valence-electron chi connectivity index (χ0n) is 26.0. The number of hydrogen-bond acceptors (Lipinski definition) is 6. The molecule has 0 saturated carbocycles. The number of halogens is 2. The van der Waals surface area contributed by atoms with Crippen molar-refractivity contribution in [3.63, 3.8) is 0 Å². The molecule has 1 atom stereocenters. The lowest BCUT2D eigenvalue weighted by Gasteiger charge is -2.24. The zero-order chi connectivity index (χ0) is 33.6. The van der Waals surface area contributed by atoms with Crippen LogP contribution in [0.3, 0.4) is 0 Å². The Labute approximate surface area is 269 Å². The SMILES string of the molecule is C=S(C)(=O)N(C)c1cc2oc(-c3ccc(F)cc3)c(C(=O)NC)c2cc1-c1ccc2ncn(Cc3ccc(F)cc3OC)c(=O)c2c1. The quantitative estimate of drug-likeness (QED) is 0.206. The van der Waals surface area contributed by atoms with E-state index in [9.17, 15) is 22.6 Å². The Balaban J connectivity index is 1.58. The van der Waals surface area contributed by atoms with E-state index < -0.39 is 27.2 Å². The molecule has 0 aliphatic rings. The van der Waals surface area contributed by atoms with Gasteiger partial charge < -0.3 is 18.8 Å². The van der Waals surface area contributed by atoms with E-state index in [1.54, 1.807) is 43.4 Å². The number of nitrogens with zero attached hydrogens (tertiary/aromatic N) is 3. The van der Waals surface area contributed by atoms with Crippen LogP contribution in [0.25, 0.3) is 44.3 Å². The van der Waals surface area contributed by atoms with E-state index in [4.69, 9.17) is 9.15 Å². The Bertz CT molecular complexity index is 2370. The van der Waals surface area contributed by atoms with Crippen LogP contribution in [-0.4, -0.2) is 53.0 Å². The van der Waals surface area contributed by atoms with Crippen molar-refractivity contribution in [1.82, 2.24) is 14.9 Å². The van der Waals surface area contributed by atoms with Gasteiger partial charge in [0.25, 0.3) is 11.5 Å². The highest BCUT2D eigenvalue weighted by molar-refractivity contribution is 8.00. The van der Waals surface area contributed by atoms with E-state index in [0.29, 0.717) is 55.6 Å². The summed E-state index contributed by atoms with van der Waals surface area (Å²) in [6.45, 7) is 0.0888. The molecule has 12 heteroatoms. The van der Waals surface area contributed by atoms with Crippen LogP contribution in [0.2, 0.25) is 0 Å². The first-order valence-corrected chi connectivity index (χ1v) is 16.5. The standard InChI is InChI=1S/C35H30F2N4O5S/c1-38-34(42)32-27-16-25(29(40(2)47(4,5)44)17-31(27)46-33(32)20-6-10-23(36)11-7-20)21-9-13-28-26(14-21)35(43)41(19-39-28)18-22-8-12-24(37)15-30(22)45-3/h6-17,19H,4,18H2,1-3,5H3,(H,38,42). The van der Waals surface area contributed by atoms with Crippen molar-refractivity contribution in [3.8, 4) is 28.2 Å². The van der Waals surface area contributed by atoms with Crippen LogP contribution in [-0.2, 0) is 16.3 Å². The third kappa shape index (κ3) is 5.83. The van der Waals surface area contributed by atoms with Crippen molar-refractivity contribution >= 4 is 49.0 Å². The van der Waals surface area contributed by atoms with Crippen molar-refractivity contribution in [2.75, 3.05) is 31.8 Å². The second-order valence-electron chi connectivity index (χ2n) is 11.1. The average molecular weight is 657 g/mol. The van der Waals surface area contributed by atoms with Crippen LogP contribution in [0.4, 0.5) is 14.5 Å². The normalized spacial score (nSPS) is 12.6. The lowest BCUT2D eigenvalue weighted by Crippen LogP contribution is -2.25. The molecular weight excluding hydrogens is 626 g/mol. The third-order valence-corrected chi connectivity index (χ3v) is 9.37. The molecule has 240 valence electrons. The van der Waals surface area contributed by atoms with E-state index >= 15 is 0 Å². The number of anilines is 1. The van der Waals surface area contributed by atoms with E-state index in [1.165, 1.54) is 72.0 Å². The van der Waals surface area contributed by atoms with Gasteiger partial charge in [-0.25, -0.2) is 18.0 Å². The molecule has 0 fully saturated rings. The number of ether oxygens (including phenoxy) is 1. The third-order valence-electron chi connectivity index (χ3n) is 8.01. The first-order chi connectivity index (χ1) is 22.4. The monoisotopic (exact) mass is 656 g/mol. The number of aromatic nitrogens is 2. The highest BCUT2D eigenvalue weighted by atomic mass is 32.2. The second-order valence-corrected chi connectivity index (χ2v) is 13.5. The molecule has 2 aromatic heterocycles. The van der Waals surface area contributed by atoms with E-state index in [0.717, 1.165) is 0 Å². The predicted octanol–water partition coefficient (Wildman–Crippen LogP) is 5.87. The Hall–Kier alpha value is -5.49. The maximum atomic E-state index is 13.8. The summed E-state index contributed by atoms with van der Waals surface area (Å²) in [5.41, 5.74) is 3.34. The number of hydrogen-bond donors (Lipinski definition) is 1. The molecular formula is C35H30F2N4O5S. The summed E-state index contributed by atoms with van der Waals surface area (Å²) in [5, 5.41) is 3.41. The van der Waals surface area contributed by atoms with E-state index in [1.807, 2.05) is 0 Å². The Morgan fingerprint density at radius 2 is 1.72 bits per heavy atom. The van der Waals surface area contributed by atoms with Crippen LogP contribution < -0.4 is 19.9 Å². The second kappa shape index (κ2) is 12.0. The summed E-state index contributed by atoms with van der Waals surface area (Å²) in [4.78, 5) is 31.5. The summed E-state index contributed by atoms with van der Waals surface area (Å²) in [6.07, 6.45) is 2.92. The van der Waals surface area contributed by atoms with Crippen molar-refractivity contribution in [2.24, 2.45) is 0 Å². The fraction of sp³-hybridized carbons (Fsp3) is 0.143. The smallest absolute Gasteiger partial charge is 0.261 e. The fourth-order valence-electron chi connectivity index (χ4n) is 5.46. The molecule has 6 rings (SSSR count). The maximum absolute atomic E-state index is 13.8. The highest BCUT2D eigenvalue weighted by Crippen LogP contribution is 2.41. The number of methoxy groups -OCH3 is 1. The summed E-state index contributed by atoms with van der Waals surface area (Å²) < 4.78 is 55.2. The number of carbonyl (C=O) groups excluding carboxylic acids is 1. The predicted molar refractivity (Wildman–Crippen MR) is 182 cm³/mol. The number of carbonyl (C=O) groups is 1. The molecule has 0 radical (unpaired) electrons. The van der Waals surface area contributed by atoms with Gasteiger partial charge in [0.2, 0.25) is 0 Å². The molecule has 0 saturated heterocycles. The summed E-state index contributed by atoms with van der Waals surface area (Å²) >= 11 is 0. The van der Waals surface area contributed by atoms with Gasteiger partial charge in [0.15, 0.2) is 0 Å². The first-order valence-electron chi connectivity index (χ1n) is 14.4. The average Bonchev–Trinajstić information content (AvgIpc) is 3.43. The molecule has 4 aromatic carbocycles. The van der Waals surface area contributed by atoms with E-state index in [-0.39, 0.29) is 23.4 Å². The minimum Gasteiger partial charge on any atom is -0.496 e. The van der Waals surface area contributed by atoms with Gasteiger partial charge >= 0.3 is 0 Å². The minimum absolute atomic E-state index is 0.0888. The largest absolute Gasteiger partial charge is 0.496 e. The minimum atomic E-state index is -2.78. The van der Waals surface area contributed by atoms with E-state index in [2.05, 4.69) is 16.2 Å². The van der Waals surface area contributed by atoms with Gasteiger partial charge in [0, 0.05) is 64.3 Å². The molecule has 47 heavy (non-hydrogen) atoms. The van der Waals surface area contributed by atoms with Gasteiger partial charge in [-0.1, -0.05) is 12.1 Å². The maximum Gasteiger partial charge on any atom is 0.261 e. The Kier molecular flexibility index (Phi) is 8.06. The molecule has 0 bridgehead atoms. The van der Waals surface area contributed by atoms with Crippen LogP contribution in [0, 0.1) is 11.6 Å². The molecule has 1 amide bonds. The molecule has 9 nitrogen and oxygen atoms in total. The number of furan rings is 1. The van der Waals surface area contributed by atoms with Crippen LogP contribution in [0.1, 0.15) is 15.9 Å². The van der Waals surface area contributed by atoms with Crippen molar-refractivity contribution in [3.05, 3.63) is 112 Å². The van der Waals surface area contributed by atoms with Gasteiger partial charge in [0.1, 0.15) is 28.7 Å². The summed E-state index contributed by atoms with van der Waals surface area (Å²) in [7, 11) is 1.77.